The van der Waals surface area contributed by atoms with Crippen LogP contribution in [0.1, 0.15) is 310 Å². The fourth-order valence-corrected chi connectivity index (χ4v) is 8.36. The van der Waals surface area contributed by atoms with Gasteiger partial charge in [-0.3, -0.25) is 14.4 Å². The van der Waals surface area contributed by atoms with Crippen molar-refractivity contribution in [3.05, 3.63) is 24.3 Å². The van der Waals surface area contributed by atoms with E-state index in [1.54, 1.807) is 0 Å². The van der Waals surface area contributed by atoms with Gasteiger partial charge in [-0.25, -0.2) is 0 Å². The van der Waals surface area contributed by atoms with E-state index in [2.05, 4.69) is 45.1 Å². The maximum atomic E-state index is 12.7. The van der Waals surface area contributed by atoms with E-state index in [-0.39, 0.29) is 31.1 Å². The Balaban J connectivity index is 3.93. The van der Waals surface area contributed by atoms with Gasteiger partial charge in [0.2, 0.25) is 0 Å². The average Bonchev–Trinajstić information content (AvgIpc) is 3.29. The molecule has 0 bridgehead atoms. The summed E-state index contributed by atoms with van der Waals surface area (Å²) < 4.78 is 16.7. The summed E-state index contributed by atoms with van der Waals surface area (Å²) >= 11 is 0. The largest absolute Gasteiger partial charge is 0.462 e. The molecule has 0 aliphatic heterocycles. The molecule has 0 aromatic heterocycles. The summed E-state index contributed by atoms with van der Waals surface area (Å²) in [5, 5.41) is 0. The van der Waals surface area contributed by atoms with Crippen molar-refractivity contribution < 1.29 is 28.6 Å². The Morgan fingerprint density at radius 1 is 0.297 bits per heavy atom. The van der Waals surface area contributed by atoms with Crippen molar-refractivity contribution in [3.8, 4) is 0 Å². The molecule has 6 heteroatoms. The maximum Gasteiger partial charge on any atom is 0.306 e. The van der Waals surface area contributed by atoms with Crippen LogP contribution in [0.3, 0.4) is 0 Å². The number of unbranched alkanes of at least 4 members (excludes halogenated alkanes) is 37. The summed E-state index contributed by atoms with van der Waals surface area (Å²) in [4.78, 5) is 37.7. The number of hydrogen-bond donors (Lipinski definition) is 0. The zero-order valence-electron chi connectivity index (χ0n) is 43.1. The van der Waals surface area contributed by atoms with Crippen molar-refractivity contribution in [2.75, 3.05) is 13.2 Å². The van der Waals surface area contributed by atoms with Gasteiger partial charge >= 0.3 is 17.9 Å². The molecule has 0 aromatic carbocycles. The number of ether oxygens (including phenoxy) is 3. The van der Waals surface area contributed by atoms with Gasteiger partial charge in [0.05, 0.1) is 0 Å². The topological polar surface area (TPSA) is 78.9 Å². The molecule has 0 aliphatic carbocycles. The molecule has 1 atom stereocenters. The molecule has 0 saturated carbocycles. The standard InChI is InChI=1S/C58H108O6/c1-4-7-10-13-16-18-20-21-22-23-24-25-26-27-28-29-30-31-32-33-34-35-36-37-39-40-42-45-48-51-57(60)63-54-55(53-62-56(59)50-47-44-15-12-9-6-3)64-58(61)52-49-46-43-41-38-19-17-14-11-8-5-2/h14,17,23-24,55H,4-13,15-16,18-22,25-54H2,1-3H3/b17-14-,24-23-. The Hall–Kier alpha value is -2.11. The molecule has 0 rings (SSSR count). The monoisotopic (exact) mass is 901 g/mol. The van der Waals surface area contributed by atoms with Crippen molar-refractivity contribution in [2.24, 2.45) is 0 Å². The van der Waals surface area contributed by atoms with Crippen LogP contribution in [0, 0.1) is 0 Å². The fourth-order valence-electron chi connectivity index (χ4n) is 8.36. The Bertz CT molecular complexity index is 1040. The summed E-state index contributed by atoms with van der Waals surface area (Å²) in [6.45, 7) is 6.56. The lowest BCUT2D eigenvalue weighted by atomic mass is 10.0. The Labute approximate surface area is 398 Å². The molecule has 0 aliphatic rings. The number of carbonyl (C=O) groups excluding carboxylic acids is 3. The van der Waals surface area contributed by atoms with Crippen molar-refractivity contribution in [1.29, 1.82) is 0 Å². The first-order valence-corrected chi connectivity index (χ1v) is 28.3. The van der Waals surface area contributed by atoms with Crippen LogP contribution in [-0.2, 0) is 28.6 Å². The van der Waals surface area contributed by atoms with Gasteiger partial charge < -0.3 is 14.2 Å². The lowest BCUT2D eigenvalue weighted by Crippen LogP contribution is -2.30. The van der Waals surface area contributed by atoms with Gasteiger partial charge in [-0.15, -0.1) is 0 Å². The summed E-state index contributed by atoms with van der Waals surface area (Å²) in [6.07, 6.45) is 62.3. The zero-order valence-corrected chi connectivity index (χ0v) is 43.1. The van der Waals surface area contributed by atoms with Crippen LogP contribution in [0.25, 0.3) is 0 Å². The van der Waals surface area contributed by atoms with Crippen molar-refractivity contribution >= 4 is 17.9 Å². The summed E-state index contributed by atoms with van der Waals surface area (Å²) in [6, 6.07) is 0. The van der Waals surface area contributed by atoms with Crippen LogP contribution in [0.5, 0.6) is 0 Å². The smallest absolute Gasteiger partial charge is 0.306 e. The van der Waals surface area contributed by atoms with Crippen molar-refractivity contribution in [2.45, 2.75) is 316 Å². The first-order valence-electron chi connectivity index (χ1n) is 28.3. The van der Waals surface area contributed by atoms with Crippen LogP contribution < -0.4 is 0 Å². The van der Waals surface area contributed by atoms with Gasteiger partial charge in [-0.2, -0.15) is 0 Å². The second-order valence-corrected chi connectivity index (χ2v) is 19.2. The van der Waals surface area contributed by atoms with Crippen LogP contribution in [0.2, 0.25) is 0 Å². The molecule has 0 spiro atoms. The third-order valence-corrected chi connectivity index (χ3v) is 12.7. The highest BCUT2D eigenvalue weighted by Gasteiger charge is 2.19. The molecule has 376 valence electrons. The minimum absolute atomic E-state index is 0.0711. The lowest BCUT2D eigenvalue weighted by Gasteiger charge is -2.18. The first-order chi connectivity index (χ1) is 31.5. The highest BCUT2D eigenvalue weighted by molar-refractivity contribution is 5.71. The third kappa shape index (κ3) is 50.9. The van der Waals surface area contributed by atoms with Crippen molar-refractivity contribution in [1.82, 2.24) is 0 Å². The van der Waals surface area contributed by atoms with Gasteiger partial charge in [0.15, 0.2) is 6.10 Å². The SMILES string of the molecule is CCCC/C=C\CCCCCCCC(=O)OC(COC(=O)CCCCCCCC)COC(=O)CCCCCCCCCCCCCCCCCCC/C=C\CCCCCCCCCC. The minimum Gasteiger partial charge on any atom is -0.462 e. The molecule has 0 aromatic rings. The van der Waals surface area contributed by atoms with E-state index < -0.39 is 6.10 Å². The van der Waals surface area contributed by atoms with Crippen molar-refractivity contribution in [3.63, 3.8) is 0 Å². The van der Waals surface area contributed by atoms with Crippen LogP contribution in [0.4, 0.5) is 0 Å². The molecule has 0 heterocycles. The number of rotatable bonds is 52. The van der Waals surface area contributed by atoms with Gasteiger partial charge in [-0.1, -0.05) is 251 Å². The van der Waals surface area contributed by atoms with E-state index in [0.717, 1.165) is 64.2 Å². The predicted molar refractivity (Wildman–Crippen MR) is 275 cm³/mol. The quantitative estimate of drug-likeness (QED) is 0.0262. The van der Waals surface area contributed by atoms with Gasteiger partial charge in [-0.05, 0) is 64.2 Å². The third-order valence-electron chi connectivity index (χ3n) is 12.7. The first kappa shape index (κ1) is 61.9. The van der Waals surface area contributed by atoms with Gasteiger partial charge in [0.1, 0.15) is 13.2 Å². The maximum absolute atomic E-state index is 12.7. The van der Waals surface area contributed by atoms with Crippen LogP contribution >= 0.6 is 0 Å². The number of hydrogen-bond acceptors (Lipinski definition) is 6. The van der Waals surface area contributed by atoms with E-state index in [1.165, 1.54) is 205 Å². The van der Waals surface area contributed by atoms with Gasteiger partial charge in [0, 0.05) is 19.3 Å². The molecular weight excluding hydrogens is 793 g/mol. The van der Waals surface area contributed by atoms with Crippen LogP contribution in [0.15, 0.2) is 24.3 Å². The summed E-state index contributed by atoms with van der Waals surface area (Å²) in [5.41, 5.74) is 0. The Morgan fingerprint density at radius 2 is 0.531 bits per heavy atom. The van der Waals surface area contributed by atoms with E-state index >= 15 is 0 Å². The summed E-state index contributed by atoms with van der Waals surface area (Å²) in [7, 11) is 0. The van der Waals surface area contributed by atoms with Crippen LogP contribution in [-0.4, -0.2) is 37.2 Å². The number of allylic oxidation sites excluding steroid dienone is 4. The predicted octanol–water partition coefficient (Wildman–Crippen LogP) is 18.7. The highest BCUT2D eigenvalue weighted by Crippen LogP contribution is 2.17. The van der Waals surface area contributed by atoms with E-state index in [4.69, 9.17) is 14.2 Å². The normalized spacial score (nSPS) is 12.1. The average molecular weight is 901 g/mol. The molecule has 0 fully saturated rings. The molecule has 1 unspecified atom stereocenters. The van der Waals surface area contributed by atoms with E-state index in [1.807, 2.05) is 0 Å². The zero-order chi connectivity index (χ0) is 46.5. The Kier molecular flexibility index (Phi) is 51.7. The van der Waals surface area contributed by atoms with Gasteiger partial charge in [0.25, 0.3) is 0 Å². The Morgan fingerprint density at radius 3 is 0.828 bits per heavy atom. The minimum atomic E-state index is -0.767. The molecule has 0 radical (unpaired) electrons. The molecule has 6 nitrogen and oxygen atoms in total. The second kappa shape index (κ2) is 53.5. The second-order valence-electron chi connectivity index (χ2n) is 19.2. The molecule has 0 amide bonds. The fraction of sp³-hybridized carbons (Fsp3) is 0.879. The molecule has 64 heavy (non-hydrogen) atoms. The highest BCUT2D eigenvalue weighted by atomic mass is 16.6. The van der Waals surface area contributed by atoms with E-state index in [9.17, 15) is 14.4 Å². The summed E-state index contributed by atoms with van der Waals surface area (Å²) in [5.74, 6) is -0.878. The molecule has 0 N–H and O–H groups in total. The number of carbonyl (C=O) groups is 3. The molecular formula is C58H108O6. The molecule has 0 saturated heterocycles. The number of esters is 3. The van der Waals surface area contributed by atoms with E-state index in [0.29, 0.717) is 19.3 Å². The lowest BCUT2D eigenvalue weighted by molar-refractivity contribution is -0.167.